The molecule has 0 bridgehead atoms. The molecule has 0 radical (unpaired) electrons. The Labute approximate surface area is 184 Å². The highest BCUT2D eigenvalue weighted by Gasteiger charge is 2.40. The summed E-state index contributed by atoms with van der Waals surface area (Å²) in [6, 6.07) is 13.0. The second kappa shape index (κ2) is 7.24. The van der Waals surface area contributed by atoms with Crippen LogP contribution >= 0.6 is 11.6 Å². The zero-order chi connectivity index (χ0) is 21.7. The number of hydrogen-bond donors (Lipinski definition) is 1. The highest BCUT2D eigenvalue weighted by Crippen LogP contribution is 2.37. The number of nitrogens with zero attached hydrogens (tertiary/aromatic N) is 5. The summed E-state index contributed by atoms with van der Waals surface area (Å²) in [7, 11) is 1.70. The van der Waals surface area contributed by atoms with Crippen LogP contribution in [0.2, 0.25) is 5.02 Å². The first-order valence-electron chi connectivity index (χ1n) is 9.73. The van der Waals surface area contributed by atoms with Gasteiger partial charge in [0, 0.05) is 18.9 Å². The fourth-order valence-electron chi connectivity index (χ4n) is 4.00. The second-order valence-corrected chi connectivity index (χ2v) is 7.94. The lowest BCUT2D eigenvalue weighted by atomic mass is 10.1. The highest BCUT2D eigenvalue weighted by atomic mass is 35.5. The molecular formula is C22H19ClN6O2. The molecule has 0 saturated heterocycles. The lowest BCUT2D eigenvalue weighted by Crippen LogP contribution is -2.61. The normalized spacial score (nSPS) is 17.9. The van der Waals surface area contributed by atoms with Gasteiger partial charge < -0.3 is 15.1 Å². The number of fused-ring (bicyclic) bond motifs is 2. The Morgan fingerprint density at radius 1 is 1.13 bits per heavy atom. The average molecular weight is 435 g/mol. The molecule has 1 aromatic heterocycles. The van der Waals surface area contributed by atoms with Crippen LogP contribution < -0.4 is 15.1 Å². The van der Waals surface area contributed by atoms with E-state index in [0.717, 1.165) is 11.3 Å². The maximum Gasteiger partial charge on any atom is 0.263 e. The van der Waals surface area contributed by atoms with Crippen LogP contribution in [0, 0.1) is 6.92 Å². The van der Waals surface area contributed by atoms with Gasteiger partial charge >= 0.3 is 0 Å². The van der Waals surface area contributed by atoms with Gasteiger partial charge in [-0.25, -0.2) is 9.97 Å². The van der Waals surface area contributed by atoms with Gasteiger partial charge in [0.25, 0.3) is 11.8 Å². The van der Waals surface area contributed by atoms with Crippen molar-refractivity contribution in [1.29, 1.82) is 0 Å². The molecule has 1 unspecified atom stereocenters. The number of carbonyl (C=O) groups excluding carboxylic acids is 2. The number of aromatic nitrogens is 2. The minimum atomic E-state index is -0.576. The van der Waals surface area contributed by atoms with Crippen molar-refractivity contribution in [3.8, 4) is 0 Å². The number of aryl methyl sites for hydroxylation is 1. The summed E-state index contributed by atoms with van der Waals surface area (Å²) in [5.41, 5.74) is 3.24. The molecule has 9 heteroatoms. The van der Waals surface area contributed by atoms with Gasteiger partial charge in [-0.2, -0.15) is 0 Å². The monoisotopic (exact) mass is 434 g/mol. The van der Waals surface area contributed by atoms with Gasteiger partial charge in [0.2, 0.25) is 0 Å². The number of carbonyl (C=O) groups is 2. The van der Waals surface area contributed by atoms with E-state index in [-0.39, 0.29) is 18.5 Å². The van der Waals surface area contributed by atoms with Gasteiger partial charge in [-0.15, -0.1) is 0 Å². The molecule has 3 heterocycles. The lowest BCUT2D eigenvalue weighted by molar-refractivity contribution is 0.0729. The summed E-state index contributed by atoms with van der Waals surface area (Å²) < 4.78 is 0. The third kappa shape index (κ3) is 3.07. The predicted molar refractivity (Wildman–Crippen MR) is 118 cm³/mol. The molecule has 2 amide bonds. The standard InChI is InChI=1S/C22H19ClN6O2/c1-13-5-3-6-14(9-13)28-12-29(17-8-4-7-16(23)18(17)21(28)31)22-26-19-15(10-24-11-25-19)20(30)27(22)2/h3-11,22H,12H2,1-2H3,(H,24,25,26). The number of hydrogen-bond acceptors (Lipinski definition) is 6. The summed E-state index contributed by atoms with van der Waals surface area (Å²) >= 11 is 6.48. The van der Waals surface area contributed by atoms with E-state index < -0.39 is 6.29 Å². The summed E-state index contributed by atoms with van der Waals surface area (Å²) in [4.78, 5) is 39.7. The third-order valence-corrected chi connectivity index (χ3v) is 5.87. The second-order valence-electron chi connectivity index (χ2n) is 7.54. The quantitative estimate of drug-likeness (QED) is 0.666. The van der Waals surface area contributed by atoms with Crippen molar-refractivity contribution >= 4 is 40.6 Å². The molecule has 5 rings (SSSR count). The molecule has 2 aliphatic rings. The van der Waals surface area contributed by atoms with Crippen LogP contribution in [0.1, 0.15) is 26.3 Å². The van der Waals surface area contributed by atoms with E-state index in [1.54, 1.807) is 29.0 Å². The number of benzene rings is 2. The third-order valence-electron chi connectivity index (χ3n) is 5.56. The van der Waals surface area contributed by atoms with E-state index in [1.807, 2.05) is 42.2 Å². The van der Waals surface area contributed by atoms with Gasteiger partial charge in [-0.1, -0.05) is 29.8 Å². The first-order valence-corrected chi connectivity index (χ1v) is 10.1. The highest BCUT2D eigenvalue weighted by molar-refractivity contribution is 6.35. The van der Waals surface area contributed by atoms with Crippen LogP contribution in [0.15, 0.2) is 55.0 Å². The molecule has 0 spiro atoms. The van der Waals surface area contributed by atoms with E-state index in [1.165, 1.54) is 12.5 Å². The fraction of sp³-hybridized carbons (Fsp3) is 0.182. The molecule has 0 fully saturated rings. The Morgan fingerprint density at radius 2 is 1.94 bits per heavy atom. The van der Waals surface area contributed by atoms with Crippen molar-refractivity contribution in [3.63, 3.8) is 0 Å². The molecule has 156 valence electrons. The first-order chi connectivity index (χ1) is 15.0. The number of amides is 2. The van der Waals surface area contributed by atoms with Crippen molar-refractivity contribution in [1.82, 2.24) is 14.9 Å². The van der Waals surface area contributed by atoms with Crippen molar-refractivity contribution in [2.45, 2.75) is 13.2 Å². The molecule has 1 N–H and O–H groups in total. The summed E-state index contributed by atoms with van der Waals surface area (Å²) in [6.45, 7) is 2.20. The molecular weight excluding hydrogens is 416 g/mol. The number of rotatable bonds is 2. The molecule has 2 aromatic carbocycles. The Morgan fingerprint density at radius 3 is 2.74 bits per heavy atom. The van der Waals surface area contributed by atoms with Crippen LogP contribution in [0.5, 0.6) is 0 Å². The van der Waals surface area contributed by atoms with E-state index in [9.17, 15) is 9.59 Å². The minimum absolute atomic E-state index is 0.185. The molecule has 0 saturated carbocycles. The number of halogens is 1. The van der Waals surface area contributed by atoms with Crippen molar-refractivity contribution in [2.24, 2.45) is 0 Å². The Bertz CT molecular complexity index is 1220. The smallest absolute Gasteiger partial charge is 0.263 e. The van der Waals surface area contributed by atoms with Crippen LogP contribution in [-0.4, -0.2) is 46.7 Å². The van der Waals surface area contributed by atoms with Crippen LogP contribution in [0.25, 0.3) is 0 Å². The van der Waals surface area contributed by atoms with E-state index in [0.29, 0.717) is 27.7 Å². The van der Waals surface area contributed by atoms with Crippen molar-refractivity contribution in [2.75, 3.05) is 28.8 Å². The first kappa shape index (κ1) is 19.3. The largest absolute Gasteiger partial charge is 0.332 e. The zero-order valence-electron chi connectivity index (χ0n) is 16.9. The van der Waals surface area contributed by atoms with Gasteiger partial charge in [0.1, 0.15) is 24.4 Å². The molecule has 1 atom stereocenters. The summed E-state index contributed by atoms with van der Waals surface area (Å²) in [5, 5.41) is 3.66. The Balaban J connectivity index is 1.63. The van der Waals surface area contributed by atoms with Gasteiger partial charge in [0.05, 0.1) is 16.3 Å². The molecule has 2 aliphatic heterocycles. The van der Waals surface area contributed by atoms with E-state index in [2.05, 4.69) is 15.3 Å². The van der Waals surface area contributed by atoms with Crippen LogP contribution in [0.4, 0.5) is 17.2 Å². The molecule has 0 aliphatic carbocycles. The van der Waals surface area contributed by atoms with Gasteiger partial charge in [-0.3, -0.25) is 14.5 Å². The van der Waals surface area contributed by atoms with E-state index in [4.69, 9.17) is 11.6 Å². The summed E-state index contributed by atoms with van der Waals surface area (Å²) in [6.07, 6.45) is 2.31. The number of nitrogens with one attached hydrogen (secondary N) is 1. The van der Waals surface area contributed by atoms with E-state index >= 15 is 0 Å². The predicted octanol–water partition coefficient (Wildman–Crippen LogP) is 3.34. The van der Waals surface area contributed by atoms with Gasteiger partial charge in [0.15, 0.2) is 6.29 Å². The topological polar surface area (TPSA) is 81.7 Å². The SMILES string of the molecule is Cc1cccc(N2CN(C3Nc4ncncc4C(=O)N3C)c3cccc(Cl)c3C2=O)c1. The maximum absolute atomic E-state index is 13.4. The number of anilines is 3. The van der Waals surface area contributed by atoms with Gasteiger partial charge in [-0.05, 0) is 36.8 Å². The Kier molecular flexibility index (Phi) is 4.51. The zero-order valence-corrected chi connectivity index (χ0v) is 17.7. The molecule has 3 aromatic rings. The fourth-order valence-corrected chi connectivity index (χ4v) is 4.25. The lowest BCUT2D eigenvalue weighted by Gasteiger charge is -2.47. The minimum Gasteiger partial charge on any atom is -0.332 e. The van der Waals surface area contributed by atoms with Crippen molar-refractivity contribution < 1.29 is 9.59 Å². The van der Waals surface area contributed by atoms with Crippen LogP contribution in [-0.2, 0) is 0 Å². The average Bonchev–Trinajstić information content (AvgIpc) is 2.77. The Hall–Kier alpha value is -3.65. The maximum atomic E-state index is 13.4. The molecule has 31 heavy (non-hydrogen) atoms. The van der Waals surface area contributed by atoms with Crippen LogP contribution in [0.3, 0.4) is 0 Å². The summed E-state index contributed by atoms with van der Waals surface area (Å²) in [5.74, 6) is 0.0579. The van der Waals surface area contributed by atoms with Crippen molar-refractivity contribution in [3.05, 3.63) is 76.7 Å². The molecule has 8 nitrogen and oxygen atoms in total.